The summed E-state index contributed by atoms with van der Waals surface area (Å²) in [6.45, 7) is 2.33. The molecule has 1 N–H and O–H groups in total. The summed E-state index contributed by atoms with van der Waals surface area (Å²) < 4.78 is 34.7. The quantitative estimate of drug-likeness (QED) is 0.411. The molecule has 2 amide bonds. The van der Waals surface area contributed by atoms with Crippen LogP contribution in [0.3, 0.4) is 0 Å². The van der Waals surface area contributed by atoms with Crippen molar-refractivity contribution in [2.45, 2.75) is 62.0 Å². The fourth-order valence-electron chi connectivity index (χ4n) is 5.34. The highest BCUT2D eigenvalue weighted by atomic mass is 35.5. The van der Waals surface area contributed by atoms with Crippen molar-refractivity contribution < 1.29 is 27.5 Å². The second-order valence-electron chi connectivity index (χ2n) is 10.2. The number of esters is 1. The first kappa shape index (κ1) is 30.4. The smallest absolute Gasteiger partial charge is 0.328 e. The van der Waals surface area contributed by atoms with Crippen LogP contribution >= 0.6 is 23.2 Å². The molecule has 2 atom stereocenters. The molecule has 2 aromatic rings. The molecule has 0 radical (unpaired) electrons. The Morgan fingerprint density at radius 1 is 1.02 bits per heavy atom. The number of ether oxygens (including phenoxy) is 1. The molecular weight excluding hydrogens is 579 g/mol. The van der Waals surface area contributed by atoms with Gasteiger partial charge in [0.25, 0.3) is 0 Å². The summed E-state index contributed by atoms with van der Waals surface area (Å²) in [5.41, 5.74) is 0. The fourth-order valence-corrected chi connectivity index (χ4v) is 7.73. The van der Waals surface area contributed by atoms with E-state index in [1.54, 1.807) is 4.90 Å². The van der Waals surface area contributed by atoms with Crippen LogP contribution in [0.2, 0.25) is 10.0 Å². The highest BCUT2D eigenvalue weighted by Gasteiger charge is 2.41. The number of carbonyl (C=O) groups excluding carboxylic acids is 3. The molecule has 2 saturated heterocycles. The van der Waals surface area contributed by atoms with Gasteiger partial charge in [0, 0.05) is 55.0 Å². The molecule has 1 aromatic carbocycles. The second kappa shape index (κ2) is 13.4. The lowest BCUT2D eigenvalue weighted by Crippen LogP contribution is -2.51. The van der Waals surface area contributed by atoms with Crippen LogP contribution in [0.25, 0.3) is 0 Å². The Balaban J connectivity index is 1.34. The van der Waals surface area contributed by atoms with Crippen LogP contribution < -0.4 is 5.32 Å². The van der Waals surface area contributed by atoms with Crippen molar-refractivity contribution in [3.8, 4) is 0 Å². The Hall–Kier alpha value is -2.60. The zero-order valence-corrected chi connectivity index (χ0v) is 24.6. The molecule has 1 aromatic heterocycles. The Labute approximate surface area is 244 Å². The number of methoxy groups -OCH3 is 1. The van der Waals surface area contributed by atoms with Gasteiger partial charge in [-0.3, -0.25) is 9.59 Å². The van der Waals surface area contributed by atoms with Gasteiger partial charge in [0.1, 0.15) is 12.1 Å². The van der Waals surface area contributed by atoms with E-state index in [2.05, 4.69) is 9.88 Å². The van der Waals surface area contributed by atoms with Gasteiger partial charge in [-0.05, 0) is 68.4 Å². The van der Waals surface area contributed by atoms with Crippen molar-refractivity contribution in [3.63, 3.8) is 0 Å². The van der Waals surface area contributed by atoms with Crippen molar-refractivity contribution in [2.75, 3.05) is 26.7 Å². The molecule has 0 unspecified atom stereocenters. The van der Waals surface area contributed by atoms with E-state index in [9.17, 15) is 22.8 Å². The molecule has 10 nitrogen and oxygen atoms in total. The molecule has 4 rings (SSSR count). The highest BCUT2D eigenvalue weighted by molar-refractivity contribution is 7.89. The van der Waals surface area contributed by atoms with E-state index in [4.69, 9.17) is 27.9 Å². The average molecular weight is 614 g/mol. The second-order valence-corrected chi connectivity index (χ2v) is 13.0. The Bertz CT molecular complexity index is 1290. The maximum Gasteiger partial charge on any atom is 0.328 e. The molecule has 2 fully saturated rings. The number of rotatable bonds is 10. The maximum atomic E-state index is 13.3. The number of hydrogen-bond acceptors (Lipinski definition) is 6. The predicted octanol–water partition coefficient (Wildman–Crippen LogP) is 3.32. The van der Waals surface area contributed by atoms with Crippen molar-refractivity contribution in [3.05, 3.63) is 52.8 Å². The number of hydrogen-bond donors (Lipinski definition) is 1. The van der Waals surface area contributed by atoms with E-state index in [1.165, 1.54) is 25.3 Å². The van der Waals surface area contributed by atoms with E-state index in [0.29, 0.717) is 25.4 Å². The summed E-state index contributed by atoms with van der Waals surface area (Å²) in [5.74, 6) is -0.916. The first-order valence-electron chi connectivity index (χ1n) is 13.3. The lowest BCUT2D eigenvalue weighted by Gasteiger charge is -2.32. The van der Waals surface area contributed by atoms with Gasteiger partial charge < -0.3 is 19.5 Å². The number of nitrogens with one attached hydrogen (secondary N) is 1. The third kappa shape index (κ3) is 7.37. The van der Waals surface area contributed by atoms with Crippen molar-refractivity contribution >= 4 is 51.0 Å². The maximum absolute atomic E-state index is 13.3. The molecular formula is C27H34Cl2N4O6S. The predicted molar refractivity (Wildman–Crippen MR) is 150 cm³/mol. The van der Waals surface area contributed by atoms with E-state index in [-0.39, 0.29) is 46.7 Å². The van der Waals surface area contributed by atoms with E-state index in [1.807, 2.05) is 24.5 Å². The highest BCUT2D eigenvalue weighted by Crippen LogP contribution is 2.30. The Morgan fingerprint density at radius 2 is 1.68 bits per heavy atom. The molecule has 3 heterocycles. The monoisotopic (exact) mass is 612 g/mol. The average Bonchev–Trinajstić information content (AvgIpc) is 3.63. The number of benzene rings is 1. The van der Waals surface area contributed by atoms with Crippen LogP contribution in [0.5, 0.6) is 0 Å². The van der Waals surface area contributed by atoms with Gasteiger partial charge in [0.15, 0.2) is 0 Å². The first-order chi connectivity index (χ1) is 19.1. The van der Waals surface area contributed by atoms with Gasteiger partial charge in [-0.1, -0.05) is 23.2 Å². The number of nitrogens with zero attached hydrogens (tertiary/aromatic N) is 3. The fraction of sp³-hybridized carbons (Fsp3) is 0.519. The molecule has 0 spiro atoms. The van der Waals surface area contributed by atoms with E-state index >= 15 is 0 Å². The summed E-state index contributed by atoms with van der Waals surface area (Å²) in [5, 5.41) is 2.95. The SMILES string of the molecule is COC(=O)[C@H](CCC(=O)N1CCC(Cn2cccc2)CC1)NC(=O)[C@H]1CCCN1S(=O)(=O)c1cc(Cl)cc(Cl)c1. The largest absolute Gasteiger partial charge is 0.467 e. The summed E-state index contributed by atoms with van der Waals surface area (Å²) >= 11 is 12.0. The van der Waals surface area contributed by atoms with Gasteiger partial charge >= 0.3 is 5.97 Å². The standard InChI is InChI=1S/C27H34Cl2N4O6S/c1-39-27(36)23(6-7-25(34)32-13-8-19(9-14-32)18-31-10-2-3-11-31)30-26(35)24-5-4-12-33(24)40(37,38)22-16-20(28)15-21(29)17-22/h2-3,10-11,15-17,19,23-24H,4-9,12-14,18H2,1H3,(H,30,35)/t23-,24+/m0/s1. The van der Waals surface area contributed by atoms with Gasteiger partial charge in [-0.2, -0.15) is 4.31 Å². The minimum atomic E-state index is -4.08. The molecule has 40 heavy (non-hydrogen) atoms. The van der Waals surface area contributed by atoms with Gasteiger partial charge in [-0.25, -0.2) is 13.2 Å². The third-order valence-corrected chi connectivity index (χ3v) is 9.82. The number of piperidine rings is 1. The number of carbonyl (C=O) groups is 3. The summed E-state index contributed by atoms with van der Waals surface area (Å²) in [4.78, 5) is 40.3. The lowest BCUT2D eigenvalue weighted by atomic mass is 9.96. The molecule has 218 valence electrons. The van der Waals surface area contributed by atoms with Gasteiger partial charge in [0.05, 0.1) is 12.0 Å². The van der Waals surface area contributed by atoms with Crippen molar-refractivity contribution in [1.29, 1.82) is 0 Å². The summed E-state index contributed by atoms with van der Waals surface area (Å²) in [6, 6.07) is 5.86. The molecule has 0 aliphatic carbocycles. The molecule has 0 bridgehead atoms. The topological polar surface area (TPSA) is 118 Å². The summed E-state index contributed by atoms with van der Waals surface area (Å²) in [7, 11) is -2.87. The van der Waals surface area contributed by atoms with Crippen LogP contribution in [0.4, 0.5) is 0 Å². The zero-order chi connectivity index (χ0) is 28.9. The molecule has 0 saturated carbocycles. The normalized spacial score (nSPS) is 19.4. The number of halogens is 2. The molecule has 2 aliphatic heterocycles. The van der Waals surface area contributed by atoms with Crippen LogP contribution in [-0.2, 0) is 35.7 Å². The summed E-state index contributed by atoms with van der Waals surface area (Å²) in [6.07, 6.45) is 6.70. The number of aromatic nitrogens is 1. The number of amides is 2. The third-order valence-electron chi connectivity index (χ3n) is 7.50. The van der Waals surface area contributed by atoms with Crippen LogP contribution in [-0.4, -0.2) is 78.8 Å². The molecule has 13 heteroatoms. The zero-order valence-electron chi connectivity index (χ0n) is 22.3. The first-order valence-corrected chi connectivity index (χ1v) is 15.5. The van der Waals surface area contributed by atoms with Gasteiger partial charge in [0.2, 0.25) is 21.8 Å². The van der Waals surface area contributed by atoms with Crippen LogP contribution in [0, 0.1) is 5.92 Å². The number of likely N-dealkylation sites (tertiary alicyclic amines) is 1. The van der Waals surface area contributed by atoms with Crippen molar-refractivity contribution in [2.24, 2.45) is 5.92 Å². The van der Waals surface area contributed by atoms with Crippen LogP contribution in [0.15, 0.2) is 47.6 Å². The molecule has 2 aliphatic rings. The van der Waals surface area contributed by atoms with Gasteiger partial charge in [-0.15, -0.1) is 0 Å². The van der Waals surface area contributed by atoms with E-state index < -0.39 is 34.0 Å². The Morgan fingerprint density at radius 3 is 2.30 bits per heavy atom. The number of sulfonamides is 1. The minimum Gasteiger partial charge on any atom is -0.467 e. The van der Waals surface area contributed by atoms with Crippen molar-refractivity contribution in [1.82, 2.24) is 19.1 Å². The van der Waals surface area contributed by atoms with E-state index in [0.717, 1.165) is 23.7 Å². The lowest BCUT2D eigenvalue weighted by molar-refractivity contribution is -0.146. The minimum absolute atomic E-state index is 0.0455. The van der Waals surface area contributed by atoms with Crippen LogP contribution in [0.1, 0.15) is 38.5 Å². The Kier molecular flexibility index (Phi) is 10.2.